The summed E-state index contributed by atoms with van der Waals surface area (Å²) in [5, 5.41) is 1.92. The first-order valence-corrected chi connectivity index (χ1v) is 6.79. The number of carbonyl (C=O) groups excluding carboxylic acids is 1. The van der Waals surface area contributed by atoms with Crippen molar-refractivity contribution in [2.24, 2.45) is 0 Å². The molecule has 0 radical (unpaired) electrons. The van der Waals surface area contributed by atoms with Gasteiger partial charge in [0.25, 0.3) is 0 Å². The molecule has 0 spiro atoms. The van der Waals surface area contributed by atoms with E-state index in [1.54, 1.807) is 12.1 Å². The van der Waals surface area contributed by atoms with Crippen molar-refractivity contribution in [2.45, 2.75) is 6.61 Å². The van der Waals surface area contributed by atoms with E-state index in [-0.39, 0.29) is 6.61 Å². The highest BCUT2D eigenvalue weighted by molar-refractivity contribution is 9.10. The number of anilines is 2. The van der Waals surface area contributed by atoms with Gasteiger partial charge in [-0.05, 0) is 45.6 Å². The molecule has 1 aromatic heterocycles. The fraction of sp³-hybridized carbons (Fsp3) is 0.0833. The third-order valence-corrected chi connectivity index (χ3v) is 4.22. The lowest BCUT2D eigenvalue weighted by Gasteiger charge is -2.07. The van der Waals surface area contributed by atoms with Crippen LogP contribution in [0.2, 0.25) is 0 Å². The van der Waals surface area contributed by atoms with Crippen LogP contribution in [0.25, 0.3) is 0 Å². The number of esters is 1. The average molecular weight is 327 g/mol. The molecule has 0 unspecified atom stereocenters. The van der Waals surface area contributed by atoms with Gasteiger partial charge in [-0.15, -0.1) is 11.3 Å². The summed E-state index contributed by atoms with van der Waals surface area (Å²) in [4.78, 5) is 12.8. The summed E-state index contributed by atoms with van der Waals surface area (Å²) in [6.45, 7) is 0.223. The van der Waals surface area contributed by atoms with Crippen molar-refractivity contribution >= 4 is 44.6 Å². The van der Waals surface area contributed by atoms with Crippen LogP contribution in [-0.4, -0.2) is 5.97 Å². The molecule has 94 valence electrons. The van der Waals surface area contributed by atoms with Gasteiger partial charge in [0.1, 0.15) is 6.61 Å². The topological polar surface area (TPSA) is 78.3 Å². The quantitative estimate of drug-likeness (QED) is 0.671. The number of hydrogen-bond acceptors (Lipinski definition) is 5. The Kier molecular flexibility index (Phi) is 3.88. The van der Waals surface area contributed by atoms with Crippen molar-refractivity contribution in [1.82, 2.24) is 0 Å². The first-order chi connectivity index (χ1) is 8.58. The molecule has 0 aliphatic carbocycles. The van der Waals surface area contributed by atoms with Gasteiger partial charge in [-0.25, -0.2) is 4.79 Å². The van der Waals surface area contributed by atoms with Crippen LogP contribution in [-0.2, 0) is 11.3 Å². The molecular weight excluding hydrogens is 316 g/mol. The molecule has 0 aliphatic heterocycles. The molecule has 18 heavy (non-hydrogen) atoms. The van der Waals surface area contributed by atoms with Crippen LogP contribution >= 0.6 is 27.3 Å². The van der Waals surface area contributed by atoms with Gasteiger partial charge in [0.2, 0.25) is 0 Å². The van der Waals surface area contributed by atoms with Gasteiger partial charge in [0.05, 0.1) is 10.4 Å². The molecule has 0 saturated heterocycles. The van der Waals surface area contributed by atoms with E-state index in [0.717, 1.165) is 9.35 Å². The van der Waals surface area contributed by atoms with Gasteiger partial charge in [-0.2, -0.15) is 0 Å². The van der Waals surface area contributed by atoms with Gasteiger partial charge in [0, 0.05) is 15.8 Å². The third kappa shape index (κ3) is 2.83. The molecule has 1 aromatic carbocycles. The molecule has 4 nitrogen and oxygen atoms in total. The minimum absolute atomic E-state index is 0.223. The largest absolute Gasteiger partial charge is 0.456 e. The molecular formula is C12H11BrN2O2S. The van der Waals surface area contributed by atoms with Crippen LogP contribution in [0.15, 0.2) is 34.1 Å². The van der Waals surface area contributed by atoms with Crippen LogP contribution in [0.3, 0.4) is 0 Å². The predicted molar refractivity (Wildman–Crippen MR) is 76.4 cm³/mol. The lowest BCUT2D eigenvalue weighted by atomic mass is 10.1. The normalized spacial score (nSPS) is 10.3. The lowest BCUT2D eigenvalue weighted by molar-refractivity contribution is 0.0477. The number of benzene rings is 1. The number of nitrogens with two attached hydrogens (primary N) is 2. The first-order valence-electron chi connectivity index (χ1n) is 5.12. The molecule has 2 rings (SSSR count). The Labute approximate surface area is 117 Å². The molecule has 1 heterocycles. The second-order valence-electron chi connectivity index (χ2n) is 3.61. The Morgan fingerprint density at radius 2 is 2.11 bits per heavy atom. The summed E-state index contributed by atoms with van der Waals surface area (Å²) in [5.41, 5.74) is 12.4. The fourth-order valence-corrected chi connectivity index (χ4v) is 2.78. The second kappa shape index (κ2) is 5.41. The molecule has 0 aliphatic rings. The molecule has 0 fully saturated rings. The zero-order valence-electron chi connectivity index (χ0n) is 9.35. The van der Waals surface area contributed by atoms with E-state index >= 15 is 0 Å². The lowest BCUT2D eigenvalue weighted by Crippen LogP contribution is -2.08. The molecule has 0 atom stereocenters. The van der Waals surface area contributed by atoms with E-state index in [4.69, 9.17) is 16.2 Å². The average Bonchev–Trinajstić information content (AvgIpc) is 2.72. The number of nitrogen functional groups attached to an aromatic ring is 2. The standard InChI is InChI=1S/C12H11BrN2O2S/c13-9-3-4-18-11(9)6-17-12(16)8-2-1-7(14)5-10(8)15/h1-5H,6,14-15H2. The molecule has 6 heteroatoms. The van der Waals surface area contributed by atoms with Crippen LogP contribution in [0, 0.1) is 0 Å². The SMILES string of the molecule is Nc1ccc(C(=O)OCc2sccc2Br)c(N)c1. The number of rotatable bonds is 3. The first kappa shape index (κ1) is 12.9. The van der Waals surface area contributed by atoms with Gasteiger partial charge in [-0.1, -0.05) is 0 Å². The summed E-state index contributed by atoms with van der Waals surface area (Å²) in [7, 11) is 0. The van der Waals surface area contributed by atoms with Crippen molar-refractivity contribution in [3.8, 4) is 0 Å². The summed E-state index contributed by atoms with van der Waals surface area (Å²) >= 11 is 4.89. The van der Waals surface area contributed by atoms with E-state index in [0.29, 0.717) is 16.9 Å². The summed E-state index contributed by atoms with van der Waals surface area (Å²) in [6, 6.07) is 6.63. The van der Waals surface area contributed by atoms with Crippen molar-refractivity contribution in [1.29, 1.82) is 0 Å². The highest BCUT2D eigenvalue weighted by atomic mass is 79.9. The van der Waals surface area contributed by atoms with Crippen LogP contribution in [0.4, 0.5) is 11.4 Å². The molecule has 4 N–H and O–H groups in total. The highest BCUT2D eigenvalue weighted by Crippen LogP contribution is 2.24. The Morgan fingerprint density at radius 3 is 2.72 bits per heavy atom. The Bertz CT molecular complexity index is 583. The summed E-state index contributed by atoms with van der Waals surface area (Å²) in [5.74, 6) is -0.451. The summed E-state index contributed by atoms with van der Waals surface area (Å²) < 4.78 is 6.13. The highest BCUT2D eigenvalue weighted by Gasteiger charge is 2.12. The number of carbonyl (C=O) groups is 1. The minimum Gasteiger partial charge on any atom is -0.456 e. The van der Waals surface area contributed by atoms with Crippen molar-refractivity contribution in [2.75, 3.05) is 11.5 Å². The van der Waals surface area contributed by atoms with Crippen LogP contribution < -0.4 is 11.5 Å². The molecule has 0 amide bonds. The van der Waals surface area contributed by atoms with Gasteiger partial charge in [0.15, 0.2) is 0 Å². The molecule has 2 aromatic rings. The van der Waals surface area contributed by atoms with Gasteiger partial charge < -0.3 is 16.2 Å². The van der Waals surface area contributed by atoms with E-state index in [9.17, 15) is 4.79 Å². The number of hydrogen-bond donors (Lipinski definition) is 2. The zero-order valence-corrected chi connectivity index (χ0v) is 11.8. The molecule has 0 bridgehead atoms. The zero-order chi connectivity index (χ0) is 13.1. The maximum absolute atomic E-state index is 11.8. The van der Waals surface area contributed by atoms with Crippen molar-refractivity contribution < 1.29 is 9.53 Å². The Hall–Kier alpha value is -1.53. The summed E-state index contributed by atoms with van der Waals surface area (Å²) in [6.07, 6.45) is 0. The van der Waals surface area contributed by atoms with Gasteiger partial charge in [-0.3, -0.25) is 0 Å². The number of halogens is 1. The maximum atomic E-state index is 11.8. The van der Waals surface area contributed by atoms with E-state index in [1.807, 2.05) is 11.4 Å². The fourth-order valence-electron chi connectivity index (χ4n) is 1.40. The van der Waals surface area contributed by atoms with Gasteiger partial charge >= 0.3 is 5.97 Å². The molecule has 0 saturated carbocycles. The number of thiophene rings is 1. The van der Waals surface area contributed by atoms with Crippen molar-refractivity contribution in [3.63, 3.8) is 0 Å². The van der Waals surface area contributed by atoms with E-state index in [1.165, 1.54) is 17.4 Å². The maximum Gasteiger partial charge on any atom is 0.340 e. The van der Waals surface area contributed by atoms with Crippen LogP contribution in [0.5, 0.6) is 0 Å². The Morgan fingerprint density at radius 1 is 1.33 bits per heavy atom. The monoisotopic (exact) mass is 326 g/mol. The van der Waals surface area contributed by atoms with E-state index < -0.39 is 5.97 Å². The van der Waals surface area contributed by atoms with Crippen LogP contribution in [0.1, 0.15) is 15.2 Å². The number of ether oxygens (including phenoxy) is 1. The van der Waals surface area contributed by atoms with E-state index in [2.05, 4.69) is 15.9 Å². The predicted octanol–water partition coefficient (Wildman–Crippen LogP) is 3.03. The van der Waals surface area contributed by atoms with Crippen molar-refractivity contribution in [3.05, 3.63) is 44.6 Å². The second-order valence-corrected chi connectivity index (χ2v) is 5.47. The third-order valence-electron chi connectivity index (χ3n) is 2.32. The Balaban J connectivity index is 2.06. The minimum atomic E-state index is -0.451. The smallest absolute Gasteiger partial charge is 0.340 e.